The summed E-state index contributed by atoms with van der Waals surface area (Å²) >= 11 is 3.45. The predicted octanol–water partition coefficient (Wildman–Crippen LogP) is 1.91. The zero-order valence-electron chi connectivity index (χ0n) is 16.9. The molecule has 11 heteroatoms. The summed E-state index contributed by atoms with van der Waals surface area (Å²) in [4.78, 5) is 12.9. The Labute approximate surface area is 179 Å². The van der Waals surface area contributed by atoms with Gasteiger partial charge in [-0.05, 0) is 49.5 Å². The van der Waals surface area contributed by atoms with E-state index in [-0.39, 0.29) is 23.3 Å². The maximum Gasteiger partial charge on any atom is 0.246 e. The van der Waals surface area contributed by atoms with Crippen molar-refractivity contribution < 1.29 is 13.2 Å². The summed E-state index contributed by atoms with van der Waals surface area (Å²) in [5, 5.41) is 11.5. The zero-order valence-corrected chi connectivity index (χ0v) is 19.3. The molecule has 0 saturated carbocycles. The second kappa shape index (κ2) is 8.97. The van der Waals surface area contributed by atoms with Crippen molar-refractivity contribution in [3.63, 3.8) is 0 Å². The van der Waals surface area contributed by atoms with Crippen LogP contribution in [0.5, 0.6) is 0 Å². The van der Waals surface area contributed by atoms with Crippen LogP contribution in [0.3, 0.4) is 0 Å². The summed E-state index contributed by atoms with van der Waals surface area (Å²) in [6.45, 7) is 7.83. The fourth-order valence-corrected chi connectivity index (χ4v) is 5.61. The van der Waals surface area contributed by atoms with Crippen LogP contribution in [0.2, 0.25) is 0 Å². The fraction of sp³-hybridized carbons (Fsp3) is 0.611. The highest BCUT2D eigenvalue weighted by Gasteiger charge is 2.35. The van der Waals surface area contributed by atoms with Crippen LogP contribution in [-0.2, 0) is 34.5 Å². The molecule has 0 aliphatic carbocycles. The maximum atomic E-state index is 13.1. The average molecular weight is 487 g/mol. The molecule has 2 aromatic heterocycles. The molecule has 3 heterocycles. The number of hydrogen-bond acceptors (Lipinski definition) is 5. The topological polar surface area (TPSA) is 102 Å². The van der Waals surface area contributed by atoms with Crippen molar-refractivity contribution in [2.24, 2.45) is 5.92 Å². The number of amides is 1. The Hall–Kier alpha value is -1.72. The van der Waals surface area contributed by atoms with Crippen LogP contribution in [0.25, 0.3) is 0 Å². The third-order valence-corrected chi connectivity index (χ3v) is 7.77. The number of piperidine rings is 1. The summed E-state index contributed by atoms with van der Waals surface area (Å²) in [6, 6.07) is 0. The third-order valence-electron chi connectivity index (χ3n) is 5.14. The van der Waals surface area contributed by atoms with Crippen LogP contribution in [0, 0.1) is 12.8 Å². The Morgan fingerprint density at radius 2 is 1.93 bits per heavy atom. The molecule has 1 fully saturated rings. The first-order valence-electron chi connectivity index (χ1n) is 9.80. The molecule has 0 unspecified atom stereocenters. The lowest BCUT2D eigenvalue weighted by molar-refractivity contribution is -0.126. The van der Waals surface area contributed by atoms with E-state index in [9.17, 15) is 13.2 Å². The van der Waals surface area contributed by atoms with E-state index in [1.165, 1.54) is 4.31 Å². The number of sulfonamides is 1. The highest BCUT2D eigenvalue weighted by Crippen LogP contribution is 2.25. The fourth-order valence-electron chi connectivity index (χ4n) is 3.46. The summed E-state index contributed by atoms with van der Waals surface area (Å²) in [7, 11) is -3.68. The van der Waals surface area contributed by atoms with Gasteiger partial charge in [0.25, 0.3) is 0 Å². The summed E-state index contributed by atoms with van der Waals surface area (Å²) < 4.78 is 31.8. The van der Waals surface area contributed by atoms with Gasteiger partial charge in [-0.1, -0.05) is 0 Å². The van der Waals surface area contributed by atoms with Gasteiger partial charge in [0.2, 0.25) is 15.9 Å². The SMILES string of the molecule is CCn1cc(S(=O)(=O)N2CCC[C@H](C(=O)NCc3nn(CC)cc3Br)C2)c(C)n1. The van der Waals surface area contributed by atoms with Gasteiger partial charge >= 0.3 is 0 Å². The lowest BCUT2D eigenvalue weighted by atomic mass is 9.99. The van der Waals surface area contributed by atoms with Crippen molar-refractivity contribution in [2.45, 2.75) is 58.1 Å². The quantitative estimate of drug-likeness (QED) is 0.643. The van der Waals surface area contributed by atoms with E-state index in [1.54, 1.807) is 22.5 Å². The Morgan fingerprint density at radius 3 is 2.55 bits per heavy atom. The van der Waals surface area contributed by atoms with Gasteiger partial charge in [0.1, 0.15) is 4.90 Å². The number of aromatic nitrogens is 4. The van der Waals surface area contributed by atoms with Crippen LogP contribution < -0.4 is 5.32 Å². The van der Waals surface area contributed by atoms with Gasteiger partial charge in [-0.2, -0.15) is 14.5 Å². The number of nitrogens with one attached hydrogen (secondary N) is 1. The van der Waals surface area contributed by atoms with E-state index in [2.05, 4.69) is 31.4 Å². The molecule has 2 aromatic rings. The highest BCUT2D eigenvalue weighted by atomic mass is 79.9. The lowest BCUT2D eigenvalue weighted by Gasteiger charge is -2.31. The van der Waals surface area contributed by atoms with Gasteiger partial charge in [0.15, 0.2) is 0 Å². The number of aryl methyl sites for hydroxylation is 3. The number of rotatable bonds is 7. The Morgan fingerprint density at radius 1 is 1.24 bits per heavy atom. The van der Waals surface area contributed by atoms with E-state index in [4.69, 9.17) is 0 Å². The molecule has 29 heavy (non-hydrogen) atoms. The molecule has 160 valence electrons. The number of carbonyl (C=O) groups is 1. The van der Waals surface area contributed by atoms with Crippen LogP contribution in [0.4, 0.5) is 0 Å². The number of nitrogens with zero attached hydrogens (tertiary/aromatic N) is 5. The summed E-state index contributed by atoms with van der Waals surface area (Å²) in [5.41, 5.74) is 1.23. The molecule has 1 aliphatic rings. The van der Waals surface area contributed by atoms with Crippen LogP contribution in [-0.4, -0.2) is 51.3 Å². The Bertz CT molecular complexity index is 984. The molecule has 1 aliphatic heterocycles. The van der Waals surface area contributed by atoms with E-state index in [0.29, 0.717) is 38.2 Å². The molecule has 0 radical (unpaired) electrons. The monoisotopic (exact) mass is 486 g/mol. The summed E-state index contributed by atoms with van der Waals surface area (Å²) in [5.74, 6) is -0.532. The molecule has 9 nitrogen and oxygen atoms in total. The van der Waals surface area contributed by atoms with Gasteiger partial charge in [-0.25, -0.2) is 8.42 Å². The molecule has 0 spiro atoms. The standard InChI is InChI=1S/C18H27BrN6O3S/c1-4-23-11-15(19)16(22-23)9-20-18(26)14-7-6-8-25(10-14)29(27,28)17-12-24(5-2)21-13(17)3/h11-12,14H,4-10H2,1-3H3,(H,20,26)/t14-/m0/s1. The zero-order chi connectivity index (χ0) is 21.2. The van der Waals surface area contributed by atoms with E-state index < -0.39 is 10.0 Å². The van der Waals surface area contributed by atoms with Gasteiger partial charge in [0, 0.05) is 38.6 Å². The van der Waals surface area contributed by atoms with Crippen LogP contribution in [0.1, 0.15) is 38.1 Å². The predicted molar refractivity (Wildman–Crippen MR) is 112 cm³/mol. The van der Waals surface area contributed by atoms with Gasteiger partial charge in [0.05, 0.1) is 28.3 Å². The van der Waals surface area contributed by atoms with Crippen molar-refractivity contribution >= 4 is 31.9 Å². The second-order valence-electron chi connectivity index (χ2n) is 7.13. The molecule has 3 rings (SSSR count). The van der Waals surface area contributed by atoms with Crippen molar-refractivity contribution in [1.82, 2.24) is 29.2 Å². The molecular weight excluding hydrogens is 460 g/mol. The van der Waals surface area contributed by atoms with E-state index in [0.717, 1.165) is 16.7 Å². The van der Waals surface area contributed by atoms with Gasteiger partial charge in [-0.15, -0.1) is 0 Å². The first-order valence-corrected chi connectivity index (χ1v) is 12.0. The number of halogens is 1. The summed E-state index contributed by atoms with van der Waals surface area (Å²) in [6.07, 6.45) is 4.74. The molecule has 1 saturated heterocycles. The smallest absolute Gasteiger partial charge is 0.246 e. The third kappa shape index (κ3) is 4.72. The minimum Gasteiger partial charge on any atom is -0.350 e. The second-order valence-corrected chi connectivity index (χ2v) is 9.89. The van der Waals surface area contributed by atoms with Crippen LogP contribution in [0.15, 0.2) is 21.8 Å². The molecule has 1 atom stereocenters. The molecule has 0 aromatic carbocycles. The Kier molecular flexibility index (Phi) is 6.79. The lowest BCUT2D eigenvalue weighted by Crippen LogP contribution is -2.45. The highest BCUT2D eigenvalue weighted by molar-refractivity contribution is 9.10. The number of carbonyl (C=O) groups excluding carboxylic acids is 1. The first-order chi connectivity index (χ1) is 13.8. The Balaban J connectivity index is 1.67. The molecule has 0 bridgehead atoms. The van der Waals surface area contributed by atoms with E-state index >= 15 is 0 Å². The molecule has 1 N–H and O–H groups in total. The molecular formula is C18H27BrN6O3S. The van der Waals surface area contributed by atoms with Crippen molar-refractivity contribution in [1.29, 1.82) is 0 Å². The maximum absolute atomic E-state index is 13.1. The van der Waals surface area contributed by atoms with E-state index in [1.807, 2.05) is 20.0 Å². The van der Waals surface area contributed by atoms with Gasteiger partial charge < -0.3 is 5.32 Å². The molecule has 1 amide bonds. The first kappa shape index (κ1) is 22.0. The van der Waals surface area contributed by atoms with Crippen molar-refractivity contribution in [3.8, 4) is 0 Å². The van der Waals surface area contributed by atoms with Gasteiger partial charge in [-0.3, -0.25) is 14.2 Å². The average Bonchev–Trinajstić information content (AvgIpc) is 3.28. The van der Waals surface area contributed by atoms with Crippen molar-refractivity contribution in [3.05, 3.63) is 28.3 Å². The van der Waals surface area contributed by atoms with Crippen molar-refractivity contribution in [2.75, 3.05) is 13.1 Å². The number of hydrogen-bond donors (Lipinski definition) is 1. The van der Waals surface area contributed by atoms with Crippen LogP contribution >= 0.6 is 15.9 Å². The minimum absolute atomic E-state index is 0.149. The largest absolute Gasteiger partial charge is 0.350 e. The minimum atomic E-state index is -3.68. The normalized spacial score (nSPS) is 18.1.